The summed E-state index contributed by atoms with van der Waals surface area (Å²) in [5.41, 5.74) is 1.32. The number of halogens is 4. The third kappa shape index (κ3) is 4.68. The molecule has 0 aliphatic carbocycles. The lowest BCUT2D eigenvalue weighted by Gasteiger charge is -2.07. The van der Waals surface area contributed by atoms with Crippen molar-refractivity contribution in [2.75, 3.05) is 0 Å². The lowest BCUT2D eigenvalue weighted by molar-refractivity contribution is -0.121. The second kappa shape index (κ2) is 7.56. The Morgan fingerprint density at radius 2 is 1.82 bits per heavy atom. The van der Waals surface area contributed by atoms with Crippen molar-refractivity contribution in [1.82, 2.24) is 5.32 Å². The Hall–Kier alpha value is -1.65. The topological polar surface area (TPSA) is 29.1 Å². The van der Waals surface area contributed by atoms with Gasteiger partial charge >= 0.3 is 0 Å². The zero-order valence-electron chi connectivity index (χ0n) is 11.5. The Morgan fingerprint density at radius 3 is 2.50 bits per heavy atom. The lowest BCUT2D eigenvalue weighted by Crippen LogP contribution is -2.23. The van der Waals surface area contributed by atoms with Gasteiger partial charge in [-0.25, -0.2) is 8.78 Å². The van der Waals surface area contributed by atoms with Crippen LogP contribution in [0.5, 0.6) is 0 Å². The minimum atomic E-state index is -0.911. The number of hydrogen-bond donors (Lipinski definition) is 1. The molecule has 0 fully saturated rings. The highest BCUT2D eigenvalue weighted by molar-refractivity contribution is 6.35. The van der Waals surface area contributed by atoms with Crippen molar-refractivity contribution in [3.8, 4) is 0 Å². The average Bonchev–Trinajstić information content (AvgIpc) is 2.47. The molecule has 0 heterocycles. The molecule has 0 radical (unpaired) electrons. The summed E-state index contributed by atoms with van der Waals surface area (Å²) in [4.78, 5) is 11.8. The Bertz CT molecular complexity index is 692. The van der Waals surface area contributed by atoms with Crippen LogP contribution in [0, 0.1) is 11.6 Å². The third-order valence-corrected chi connectivity index (χ3v) is 3.70. The molecule has 2 nitrogen and oxygen atoms in total. The first kappa shape index (κ1) is 16.7. The Kier molecular flexibility index (Phi) is 5.75. The largest absolute Gasteiger partial charge is 0.352 e. The van der Waals surface area contributed by atoms with Crippen molar-refractivity contribution in [2.45, 2.75) is 19.4 Å². The molecule has 0 saturated carbocycles. The maximum atomic E-state index is 13.0. The molecule has 0 bridgehead atoms. The minimum Gasteiger partial charge on any atom is -0.352 e. The van der Waals surface area contributed by atoms with Crippen molar-refractivity contribution in [2.24, 2.45) is 0 Å². The minimum absolute atomic E-state index is 0.177. The Morgan fingerprint density at radius 1 is 1.05 bits per heavy atom. The van der Waals surface area contributed by atoms with Gasteiger partial charge in [0.05, 0.1) is 0 Å². The summed E-state index contributed by atoms with van der Waals surface area (Å²) >= 11 is 11.8. The fraction of sp³-hybridized carbons (Fsp3) is 0.188. The van der Waals surface area contributed by atoms with Crippen LogP contribution in [0.25, 0.3) is 0 Å². The molecular weight excluding hydrogens is 331 g/mol. The highest BCUT2D eigenvalue weighted by atomic mass is 35.5. The predicted molar refractivity (Wildman–Crippen MR) is 83.0 cm³/mol. The van der Waals surface area contributed by atoms with Gasteiger partial charge in [0.15, 0.2) is 11.6 Å². The van der Waals surface area contributed by atoms with Crippen LogP contribution in [-0.2, 0) is 17.8 Å². The first-order chi connectivity index (χ1) is 10.5. The van der Waals surface area contributed by atoms with Crippen LogP contribution in [0.3, 0.4) is 0 Å². The number of amides is 1. The van der Waals surface area contributed by atoms with Crippen LogP contribution >= 0.6 is 23.2 Å². The van der Waals surface area contributed by atoms with E-state index in [9.17, 15) is 13.6 Å². The quantitative estimate of drug-likeness (QED) is 0.849. The van der Waals surface area contributed by atoms with Gasteiger partial charge in [-0.1, -0.05) is 35.3 Å². The first-order valence-electron chi connectivity index (χ1n) is 6.60. The third-order valence-electron chi connectivity index (χ3n) is 3.12. The van der Waals surface area contributed by atoms with Gasteiger partial charge in [-0.05, 0) is 41.8 Å². The Labute approximate surface area is 137 Å². The molecule has 0 unspecified atom stereocenters. The van der Waals surface area contributed by atoms with Gasteiger partial charge in [-0.2, -0.15) is 0 Å². The molecule has 0 spiro atoms. The summed E-state index contributed by atoms with van der Waals surface area (Å²) in [6, 6.07) is 8.64. The molecule has 0 aromatic heterocycles. The van der Waals surface area contributed by atoms with Gasteiger partial charge in [0.1, 0.15) is 0 Å². The molecule has 1 N–H and O–H groups in total. The second-order valence-corrected chi connectivity index (χ2v) is 5.60. The molecule has 0 saturated heterocycles. The maximum Gasteiger partial charge on any atom is 0.220 e. The second-order valence-electron chi connectivity index (χ2n) is 4.76. The van der Waals surface area contributed by atoms with Crippen molar-refractivity contribution in [3.63, 3.8) is 0 Å². The molecular formula is C16H13Cl2F2NO. The average molecular weight is 344 g/mol. The van der Waals surface area contributed by atoms with E-state index in [1.54, 1.807) is 18.2 Å². The van der Waals surface area contributed by atoms with Gasteiger partial charge in [-0.3, -0.25) is 4.79 Å². The monoisotopic (exact) mass is 343 g/mol. The van der Waals surface area contributed by atoms with E-state index in [0.717, 1.165) is 17.7 Å². The summed E-state index contributed by atoms with van der Waals surface area (Å²) in [5, 5.41) is 3.73. The van der Waals surface area contributed by atoms with E-state index in [1.807, 2.05) is 0 Å². The number of aryl methyl sites for hydroxylation is 1. The number of benzene rings is 2. The summed E-state index contributed by atoms with van der Waals surface area (Å²) in [6.45, 7) is 0.284. The number of hydrogen-bond acceptors (Lipinski definition) is 1. The number of carbonyl (C=O) groups is 1. The predicted octanol–water partition coefficient (Wildman–Crippen LogP) is 4.52. The summed E-state index contributed by atoms with van der Waals surface area (Å²) in [6.07, 6.45) is 0.508. The van der Waals surface area contributed by atoms with Gasteiger partial charge in [0, 0.05) is 23.0 Å². The molecule has 1 amide bonds. The van der Waals surface area contributed by atoms with Crippen molar-refractivity contribution < 1.29 is 13.6 Å². The van der Waals surface area contributed by atoms with E-state index in [-0.39, 0.29) is 18.9 Å². The van der Waals surface area contributed by atoms with E-state index in [0.29, 0.717) is 22.0 Å². The van der Waals surface area contributed by atoms with Gasteiger partial charge in [-0.15, -0.1) is 0 Å². The van der Waals surface area contributed by atoms with E-state index in [1.165, 1.54) is 6.07 Å². The van der Waals surface area contributed by atoms with Gasteiger partial charge in [0.25, 0.3) is 0 Å². The SMILES string of the molecule is O=C(CCc1ccc(F)c(F)c1)NCc1ccc(Cl)cc1Cl. The summed E-state index contributed by atoms with van der Waals surface area (Å²) in [7, 11) is 0. The maximum absolute atomic E-state index is 13.0. The fourth-order valence-corrected chi connectivity index (χ4v) is 2.38. The van der Waals surface area contributed by atoms with Crippen LogP contribution in [0.2, 0.25) is 10.0 Å². The molecule has 0 atom stereocenters. The van der Waals surface area contributed by atoms with Crippen LogP contribution in [0.4, 0.5) is 8.78 Å². The van der Waals surface area contributed by atoms with Crippen LogP contribution in [-0.4, -0.2) is 5.91 Å². The Balaban J connectivity index is 1.84. The standard InChI is InChI=1S/C16H13Cl2F2NO/c17-12-4-3-11(13(18)8-12)9-21-16(22)6-2-10-1-5-14(19)15(20)7-10/h1,3-5,7-8H,2,6,9H2,(H,21,22). The van der Waals surface area contributed by atoms with E-state index in [2.05, 4.69) is 5.32 Å². The normalized spacial score (nSPS) is 10.5. The van der Waals surface area contributed by atoms with E-state index in [4.69, 9.17) is 23.2 Å². The van der Waals surface area contributed by atoms with Crippen LogP contribution in [0.1, 0.15) is 17.5 Å². The molecule has 2 rings (SSSR count). The molecule has 6 heteroatoms. The molecule has 0 aliphatic heterocycles. The van der Waals surface area contributed by atoms with E-state index < -0.39 is 11.6 Å². The summed E-state index contributed by atoms with van der Waals surface area (Å²) in [5.74, 6) is -2.01. The zero-order chi connectivity index (χ0) is 16.1. The van der Waals surface area contributed by atoms with Gasteiger partial charge < -0.3 is 5.32 Å². The highest BCUT2D eigenvalue weighted by Crippen LogP contribution is 2.20. The summed E-state index contributed by atoms with van der Waals surface area (Å²) < 4.78 is 25.8. The van der Waals surface area contributed by atoms with Crippen LogP contribution in [0.15, 0.2) is 36.4 Å². The highest BCUT2D eigenvalue weighted by Gasteiger charge is 2.07. The fourth-order valence-electron chi connectivity index (χ4n) is 1.90. The molecule has 0 aliphatic rings. The smallest absolute Gasteiger partial charge is 0.220 e. The van der Waals surface area contributed by atoms with E-state index >= 15 is 0 Å². The van der Waals surface area contributed by atoms with Gasteiger partial charge in [0.2, 0.25) is 5.91 Å². The zero-order valence-corrected chi connectivity index (χ0v) is 13.0. The first-order valence-corrected chi connectivity index (χ1v) is 7.36. The van der Waals surface area contributed by atoms with Crippen molar-refractivity contribution >= 4 is 29.1 Å². The molecule has 22 heavy (non-hydrogen) atoms. The number of nitrogens with one attached hydrogen (secondary N) is 1. The number of carbonyl (C=O) groups excluding carboxylic acids is 1. The van der Waals surface area contributed by atoms with Crippen molar-refractivity contribution in [1.29, 1.82) is 0 Å². The van der Waals surface area contributed by atoms with Crippen LogP contribution < -0.4 is 5.32 Å². The molecule has 116 valence electrons. The number of rotatable bonds is 5. The van der Waals surface area contributed by atoms with Crippen molar-refractivity contribution in [3.05, 3.63) is 69.2 Å². The molecule has 2 aromatic rings. The molecule has 2 aromatic carbocycles. The lowest BCUT2D eigenvalue weighted by atomic mass is 10.1.